The molecule has 0 saturated carbocycles. The Kier molecular flexibility index (Phi) is 7.79. The van der Waals surface area contributed by atoms with Crippen LogP contribution in [0.25, 0.3) is 0 Å². The van der Waals surface area contributed by atoms with Gasteiger partial charge >= 0.3 is 0 Å². The number of likely N-dealkylation sites (N-methyl/N-ethyl adjacent to an activating group) is 1. The summed E-state index contributed by atoms with van der Waals surface area (Å²) in [4.78, 5) is 1.91. The molecule has 8 nitrogen and oxygen atoms in total. The Morgan fingerprint density at radius 2 is 1.43 bits per heavy atom. The summed E-state index contributed by atoms with van der Waals surface area (Å²) in [5, 5.41) is 0. The van der Waals surface area contributed by atoms with E-state index in [1.54, 1.807) is 24.3 Å². The Labute approximate surface area is 237 Å². The Hall–Kier alpha value is -3.05. The van der Waals surface area contributed by atoms with Gasteiger partial charge in [-0.05, 0) is 62.7 Å². The Balaban J connectivity index is 1.66. The molecule has 2 aromatic rings. The molecule has 2 aromatic carbocycles. The van der Waals surface area contributed by atoms with Crippen molar-refractivity contribution >= 4 is 37.3 Å². The van der Waals surface area contributed by atoms with Crippen LogP contribution in [0.5, 0.6) is 0 Å². The molecule has 0 unspecified atom stereocenters. The Morgan fingerprint density at radius 1 is 0.825 bits per heavy atom. The lowest BCUT2D eigenvalue weighted by Crippen LogP contribution is -2.27. The third-order valence-electron chi connectivity index (χ3n) is 7.82. The van der Waals surface area contributed by atoms with E-state index >= 15 is 0 Å². The zero-order valence-electron chi connectivity index (χ0n) is 23.7. The minimum Gasteiger partial charge on any atom is -0.344 e. The average molecular weight is 586 g/mol. The van der Waals surface area contributed by atoms with Gasteiger partial charge in [0.05, 0.1) is 15.2 Å². The van der Waals surface area contributed by atoms with E-state index in [2.05, 4.69) is 16.4 Å². The van der Waals surface area contributed by atoms with Crippen molar-refractivity contribution in [2.24, 2.45) is 0 Å². The minimum absolute atomic E-state index is 0.114. The quantitative estimate of drug-likeness (QED) is 0.229. The van der Waals surface area contributed by atoms with Crippen LogP contribution in [0.4, 0.5) is 11.4 Å². The monoisotopic (exact) mass is 585 g/mol. The maximum Gasteiger partial charge on any atom is 0.294 e. The van der Waals surface area contributed by atoms with Crippen LogP contribution in [0, 0.1) is 0 Å². The largest absolute Gasteiger partial charge is 0.344 e. The topological polar surface area (TPSA) is 115 Å². The molecule has 2 aliphatic rings. The average Bonchev–Trinajstić information content (AvgIpc) is 3.21. The van der Waals surface area contributed by atoms with Crippen LogP contribution in [0.3, 0.4) is 0 Å². The summed E-state index contributed by atoms with van der Waals surface area (Å²) < 4.78 is 68.3. The third kappa shape index (κ3) is 5.21. The van der Waals surface area contributed by atoms with E-state index in [1.165, 1.54) is 12.1 Å². The molecule has 2 heterocycles. The van der Waals surface area contributed by atoms with Crippen LogP contribution in [-0.2, 0) is 31.1 Å². The summed E-state index contributed by atoms with van der Waals surface area (Å²) in [5.74, 6) is 0. The van der Waals surface area contributed by atoms with E-state index in [0.29, 0.717) is 6.54 Å². The van der Waals surface area contributed by atoms with E-state index < -0.39 is 31.1 Å². The molecule has 4 rings (SSSR count). The lowest BCUT2D eigenvalue weighted by atomic mass is 9.81. The molecule has 0 bridgehead atoms. The second-order valence-corrected chi connectivity index (χ2v) is 14.0. The summed E-state index contributed by atoms with van der Waals surface area (Å²) >= 11 is 0. The van der Waals surface area contributed by atoms with Gasteiger partial charge in [-0.25, -0.2) is 0 Å². The van der Waals surface area contributed by atoms with Gasteiger partial charge in [0.2, 0.25) is 5.69 Å². The van der Waals surface area contributed by atoms with Gasteiger partial charge in [-0.2, -0.15) is 21.4 Å². The Bertz CT molecular complexity index is 1700. The number of anilines is 1. The van der Waals surface area contributed by atoms with Gasteiger partial charge in [0.25, 0.3) is 20.2 Å². The zero-order valence-corrected chi connectivity index (χ0v) is 25.3. The van der Waals surface area contributed by atoms with E-state index in [-0.39, 0.29) is 9.79 Å². The molecule has 2 aliphatic heterocycles. The predicted molar refractivity (Wildman–Crippen MR) is 158 cm³/mol. The maximum atomic E-state index is 11.8. The summed E-state index contributed by atoms with van der Waals surface area (Å²) in [6, 6.07) is 9.45. The fourth-order valence-electron chi connectivity index (χ4n) is 5.79. The highest BCUT2D eigenvalue weighted by Gasteiger charge is 2.44. The summed E-state index contributed by atoms with van der Waals surface area (Å²) in [7, 11) is -8.62. The fourth-order valence-corrected chi connectivity index (χ4v) is 6.81. The van der Waals surface area contributed by atoms with E-state index in [1.807, 2.05) is 65.0 Å². The second-order valence-electron chi connectivity index (χ2n) is 11.1. The lowest BCUT2D eigenvalue weighted by molar-refractivity contribution is -0.437. The molecule has 0 saturated heterocycles. The highest BCUT2D eigenvalue weighted by Crippen LogP contribution is 2.48. The molecule has 214 valence electrons. The first-order valence-corrected chi connectivity index (χ1v) is 16.1. The molecule has 0 amide bonds. The molecule has 0 atom stereocenters. The first-order valence-electron chi connectivity index (χ1n) is 13.3. The molecule has 0 radical (unpaired) electrons. The van der Waals surface area contributed by atoms with Crippen molar-refractivity contribution in [1.29, 1.82) is 0 Å². The number of benzene rings is 2. The maximum absolute atomic E-state index is 11.8. The molecular weight excluding hydrogens is 548 g/mol. The van der Waals surface area contributed by atoms with E-state index in [4.69, 9.17) is 0 Å². The van der Waals surface area contributed by atoms with Crippen LogP contribution >= 0.6 is 0 Å². The van der Waals surface area contributed by atoms with Crippen molar-refractivity contribution < 1.29 is 30.5 Å². The lowest BCUT2D eigenvalue weighted by Gasteiger charge is -2.25. The summed E-state index contributed by atoms with van der Waals surface area (Å²) in [5.41, 5.74) is 4.59. The first-order chi connectivity index (χ1) is 18.5. The number of hydrogen-bond donors (Lipinski definition) is 2. The smallest absolute Gasteiger partial charge is 0.294 e. The van der Waals surface area contributed by atoms with Gasteiger partial charge in [0, 0.05) is 47.5 Å². The van der Waals surface area contributed by atoms with Crippen LogP contribution in [0.1, 0.15) is 59.1 Å². The van der Waals surface area contributed by atoms with Crippen LogP contribution in [-0.4, -0.2) is 49.3 Å². The van der Waals surface area contributed by atoms with Crippen molar-refractivity contribution in [3.63, 3.8) is 0 Å². The van der Waals surface area contributed by atoms with Crippen LogP contribution in [0.15, 0.2) is 82.3 Å². The predicted octanol–water partition coefficient (Wildman–Crippen LogP) is 5.78. The van der Waals surface area contributed by atoms with E-state index in [0.717, 1.165) is 46.9 Å². The third-order valence-corrected chi connectivity index (χ3v) is 9.52. The second kappa shape index (κ2) is 10.4. The van der Waals surface area contributed by atoms with Gasteiger partial charge in [-0.15, -0.1) is 0 Å². The van der Waals surface area contributed by atoms with Gasteiger partial charge in [0.1, 0.15) is 6.54 Å². The SMILES string of the molecule is CCC[N+]1=C(/C=C/C=C/C=C2/N(CC)c3ccc(S(=O)(=O)O)cc3C2(C)C)C(C)(C)c2cc(S(=O)(=O)O)ccc21. The molecular formula is C30H37N2O6S2+. The highest BCUT2D eigenvalue weighted by atomic mass is 32.2. The van der Waals surface area contributed by atoms with Crippen molar-refractivity contribution in [2.75, 3.05) is 18.0 Å². The zero-order chi connectivity index (χ0) is 29.7. The number of hydrogen-bond acceptors (Lipinski definition) is 5. The molecule has 0 aromatic heterocycles. The van der Waals surface area contributed by atoms with Crippen LogP contribution in [0.2, 0.25) is 0 Å². The number of allylic oxidation sites excluding steroid dienone is 6. The fraction of sp³-hybridized carbons (Fsp3) is 0.367. The Morgan fingerprint density at radius 3 is 2.00 bits per heavy atom. The number of rotatable bonds is 8. The van der Waals surface area contributed by atoms with Crippen molar-refractivity contribution in [3.05, 3.63) is 83.6 Å². The first kappa shape index (κ1) is 29.9. The van der Waals surface area contributed by atoms with E-state index in [9.17, 15) is 25.9 Å². The van der Waals surface area contributed by atoms with Crippen molar-refractivity contribution in [1.82, 2.24) is 0 Å². The molecule has 0 fully saturated rings. The van der Waals surface area contributed by atoms with Gasteiger partial charge in [0.15, 0.2) is 5.71 Å². The highest BCUT2D eigenvalue weighted by molar-refractivity contribution is 7.86. The minimum atomic E-state index is -4.31. The van der Waals surface area contributed by atoms with Gasteiger partial charge < -0.3 is 4.90 Å². The van der Waals surface area contributed by atoms with Gasteiger partial charge in [-0.1, -0.05) is 39.0 Å². The summed E-state index contributed by atoms with van der Waals surface area (Å²) in [6.45, 7) is 13.7. The summed E-state index contributed by atoms with van der Waals surface area (Å²) in [6.07, 6.45) is 10.8. The van der Waals surface area contributed by atoms with Crippen molar-refractivity contribution in [2.45, 2.75) is 68.6 Å². The molecule has 10 heteroatoms. The molecule has 2 N–H and O–H groups in total. The molecule has 0 spiro atoms. The van der Waals surface area contributed by atoms with Crippen molar-refractivity contribution in [3.8, 4) is 0 Å². The molecule has 40 heavy (non-hydrogen) atoms. The van der Waals surface area contributed by atoms with Crippen LogP contribution < -0.4 is 4.90 Å². The van der Waals surface area contributed by atoms with Gasteiger partial charge in [-0.3, -0.25) is 9.11 Å². The standard InChI is InChI=1S/C30H36N2O6S2/c1-7-18-32-26-17-15-22(40(36,37)38)20-24(26)30(5,6)28(32)13-11-9-10-12-27-29(3,4)23-19-21(39(33,34)35)14-16-25(23)31(27)8-2/h9-17,19-20H,7-8,18H2,1-6H3,(H-,33,34,35,36,37,38)/p+1. The number of nitrogens with zero attached hydrogens (tertiary/aromatic N) is 2. The normalized spacial score (nSPS) is 19.3. The molecule has 0 aliphatic carbocycles. The number of fused-ring (bicyclic) bond motifs is 2.